The van der Waals surface area contributed by atoms with E-state index in [4.69, 9.17) is 0 Å². The first-order valence-corrected chi connectivity index (χ1v) is 7.81. The maximum atomic E-state index is 12.1. The lowest BCUT2D eigenvalue weighted by Crippen LogP contribution is -2.22. The summed E-state index contributed by atoms with van der Waals surface area (Å²) in [7, 11) is 0. The zero-order chi connectivity index (χ0) is 15.4. The van der Waals surface area contributed by atoms with Crippen LogP contribution < -0.4 is 5.32 Å². The normalized spacial score (nSPS) is 10.4. The Bertz CT molecular complexity index is 783. The Morgan fingerprint density at radius 3 is 2.86 bits per heavy atom. The maximum absolute atomic E-state index is 12.1. The number of aryl methyl sites for hydroxylation is 1. The molecule has 1 N–H and O–H groups in total. The van der Waals surface area contributed by atoms with Crippen molar-refractivity contribution >= 4 is 17.2 Å². The lowest BCUT2D eigenvalue weighted by atomic mass is 10.1. The van der Waals surface area contributed by atoms with Crippen molar-refractivity contribution in [2.75, 3.05) is 0 Å². The molecule has 0 aliphatic rings. The van der Waals surface area contributed by atoms with E-state index in [1.807, 2.05) is 54.8 Å². The molecule has 1 amide bonds. The highest BCUT2D eigenvalue weighted by molar-refractivity contribution is 7.09. The van der Waals surface area contributed by atoms with Crippen LogP contribution >= 0.6 is 11.3 Å². The van der Waals surface area contributed by atoms with Gasteiger partial charge in [0.25, 0.3) is 5.91 Å². The van der Waals surface area contributed by atoms with Gasteiger partial charge in [0.1, 0.15) is 5.01 Å². The molecule has 0 radical (unpaired) electrons. The summed E-state index contributed by atoms with van der Waals surface area (Å²) < 4.78 is 0. The molecular formula is C17H15N3OS. The summed E-state index contributed by atoms with van der Waals surface area (Å²) in [6.45, 7) is 2.39. The lowest BCUT2D eigenvalue weighted by molar-refractivity contribution is 0.0951. The van der Waals surface area contributed by atoms with E-state index in [1.165, 1.54) is 11.3 Å². The number of benzene rings is 1. The standard InChI is InChI=1S/C17H15N3OS/c1-12-5-4-6-13(9-12)17(21)19-10-16-20-15(11-22-16)14-7-2-3-8-18-14/h2-9,11H,10H2,1H3,(H,19,21). The molecule has 0 spiro atoms. The van der Waals surface area contributed by atoms with Gasteiger partial charge in [0.05, 0.1) is 17.9 Å². The molecular weight excluding hydrogens is 294 g/mol. The topological polar surface area (TPSA) is 54.9 Å². The number of nitrogens with one attached hydrogen (secondary N) is 1. The van der Waals surface area contributed by atoms with Crippen molar-refractivity contribution in [1.29, 1.82) is 0 Å². The second-order valence-corrected chi connectivity index (χ2v) is 5.84. The fourth-order valence-electron chi connectivity index (χ4n) is 2.07. The Hall–Kier alpha value is -2.53. The third-order valence-electron chi connectivity index (χ3n) is 3.16. The van der Waals surface area contributed by atoms with Crippen LogP contribution in [0.15, 0.2) is 54.0 Å². The third-order valence-corrected chi connectivity index (χ3v) is 4.01. The highest BCUT2D eigenvalue weighted by Crippen LogP contribution is 2.19. The van der Waals surface area contributed by atoms with Crippen molar-refractivity contribution in [3.63, 3.8) is 0 Å². The molecule has 0 saturated carbocycles. The van der Waals surface area contributed by atoms with Crippen molar-refractivity contribution < 1.29 is 4.79 Å². The fraction of sp³-hybridized carbons (Fsp3) is 0.118. The minimum atomic E-state index is -0.0849. The second kappa shape index (κ2) is 6.49. The Morgan fingerprint density at radius 1 is 1.18 bits per heavy atom. The van der Waals surface area contributed by atoms with Gasteiger partial charge in [-0.2, -0.15) is 0 Å². The van der Waals surface area contributed by atoms with Crippen LogP contribution in [0.4, 0.5) is 0 Å². The first-order chi connectivity index (χ1) is 10.7. The van der Waals surface area contributed by atoms with Crippen molar-refractivity contribution in [1.82, 2.24) is 15.3 Å². The van der Waals surface area contributed by atoms with E-state index in [-0.39, 0.29) is 5.91 Å². The van der Waals surface area contributed by atoms with Gasteiger partial charge in [-0.25, -0.2) is 4.98 Å². The molecule has 0 fully saturated rings. The average Bonchev–Trinajstić information content (AvgIpc) is 3.02. The summed E-state index contributed by atoms with van der Waals surface area (Å²) in [6, 6.07) is 13.3. The molecule has 0 aliphatic carbocycles. The van der Waals surface area contributed by atoms with Gasteiger partial charge in [0, 0.05) is 17.1 Å². The van der Waals surface area contributed by atoms with Crippen molar-refractivity contribution in [2.24, 2.45) is 0 Å². The van der Waals surface area contributed by atoms with Crippen LogP contribution in [0.25, 0.3) is 11.4 Å². The predicted molar refractivity (Wildman–Crippen MR) is 87.7 cm³/mol. The summed E-state index contributed by atoms with van der Waals surface area (Å²) in [5.74, 6) is -0.0849. The number of amides is 1. The van der Waals surface area contributed by atoms with Gasteiger partial charge in [0.15, 0.2) is 0 Å². The minimum Gasteiger partial charge on any atom is -0.346 e. The maximum Gasteiger partial charge on any atom is 0.251 e. The highest BCUT2D eigenvalue weighted by Gasteiger charge is 2.08. The van der Waals surface area contributed by atoms with Gasteiger partial charge < -0.3 is 5.32 Å². The van der Waals surface area contributed by atoms with Gasteiger partial charge in [0.2, 0.25) is 0 Å². The number of rotatable bonds is 4. The molecule has 0 aliphatic heterocycles. The van der Waals surface area contributed by atoms with Crippen LogP contribution in [0.5, 0.6) is 0 Å². The van der Waals surface area contributed by atoms with Crippen molar-refractivity contribution in [2.45, 2.75) is 13.5 Å². The van der Waals surface area contributed by atoms with Gasteiger partial charge in [-0.3, -0.25) is 9.78 Å². The zero-order valence-corrected chi connectivity index (χ0v) is 12.9. The summed E-state index contributed by atoms with van der Waals surface area (Å²) in [6.07, 6.45) is 1.74. The number of thiazole rings is 1. The van der Waals surface area contributed by atoms with Crippen molar-refractivity contribution in [3.05, 3.63) is 70.2 Å². The van der Waals surface area contributed by atoms with Crippen LogP contribution in [0, 0.1) is 6.92 Å². The minimum absolute atomic E-state index is 0.0849. The van der Waals surface area contributed by atoms with Crippen LogP contribution in [0.2, 0.25) is 0 Å². The molecule has 110 valence electrons. The number of aromatic nitrogens is 2. The molecule has 0 atom stereocenters. The Balaban J connectivity index is 1.65. The van der Waals surface area contributed by atoms with Crippen molar-refractivity contribution in [3.8, 4) is 11.4 Å². The van der Waals surface area contributed by atoms with E-state index in [1.54, 1.807) is 6.20 Å². The molecule has 3 aromatic rings. The Morgan fingerprint density at radius 2 is 2.09 bits per heavy atom. The van der Waals surface area contributed by atoms with E-state index in [0.717, 1.165) is 22.0 Å². The third kappa shape index (κ3) is 3.38. The van der Waals surface area contributed by atoms with Gasteiger partial charge >= 0.3 is 0 Å². The monoisotopic (exact) mass is 309 g/mol. The van der Waals surface area contributed by atoms with E-state index >= 15 is 0 Å². The molecule has 0 unspecified atom stereocenters. The summed E-state index contributed by atoms with van der Waals surface area (Å²) >= 11 is 1.52. The fourth-order valence-corrected chi connectivity index (χ4v) is 2.80. The zero-order valence-electron chi connectivity index (χ0n) is 12.1. The molecule has 2 heterocycles. The Kier molecular flexibility index (Phi) is 4.25. The van der Waals surface area contributed by atoms with Gasteiger partial charge in [-0.05, 0) is 31.2 Å². The van der Waals surface area contributed by atoms with Gasteiger partial charge in [-0.15, -0.1) is 11.3 Å². The number of nitrogens with zero attached hydrogens (tertiary/aromatic N) is 2. The lowest BCUT2D eigenvalue weighted by Gasteiger charge is -2.03. The molecule has 4 nitrogen and oxygen atoms in total. The van der Waals surface area contributed by atoms with Crippen LogP contribution in [-0.4, -0.2) is 15.9 Å². The summed E-state index contributed by atoms with van der Waals surface area (Å²) in [5, 5.41) is 5.71. The summed E-state index contributed by atoms with van der Waals surface area (Å²) in [4.78, 5) is 20.9. The number of hydrogen-bond acceptors (Lipinski definition) is 4. The first-order valence-electron chi connectivity index (χ1n) is 6.93. The Labute approximate surface area is 132 Å². The van der Waals surface area contributed by atoms with Gasteiger partial charge in [-0.1, -0.05) is 23.8 Å². The van der Waals surface area contributed by atoms with Crippen LogP contribution in [0.1, 0.15) is 20.9 Å². The quantitative estimate of drug-likeness (QED) is 0.803. The number of pyridine rings is 1. The first kappa shape index (κ1) is 14.4. The molecule has 0 saturated heterocycles. The largest absolute Gasteiger partial charge is 0.346 e. The number of carbonyl (C=O) groups excluding carboxylic acids is 1. The molecule has 22 heavy (non-hydrogen) atoms. The predicted octanol–water partition coefficient (Wildman–Crippen LogP) is 3.44. The van der Waals surface area contributed by atoms with E-state index in [9.17, 15) is 4.79 Å². The number of hydrogen-bond donors (Lipinski definition) is 1. The molecule has 1 aromatic carbocycles. The number of carbonyl (C=O) groups is 1. The smallest absolute Gasteiger partial charge is 0.251 e. The van der Waals surface area contributed by atoms with E-state index in [0.29, 0.717) is 12.1 Å². The van der Waals surface area contributed by atoms with E-state index in [2.05, 4.69) is 15.3 Å². The van der Waals surface area contributed by atoms with E-state index < -0.39 is 0 Å². The highest BCUT2D eigenvalue weighted by atomic mass is 32.1. The SMILES string of the molecule is Cc1cccc(C(=O)NCc2nc(-c3ccccn3)cs2)c1. The van der Waals surface area contributed by atoms with Crippen LogP contribution in [-0.2, 0) is 6.54 Å². The molecule has 5 heteroatoms. The summed E-state index contributed by atoms with van der Waals surface area (Å²) in [5.41, 5.74) is 3.42. The molecule has 2 aromatic heterocycles. The van der Waals surface area contributed by atoms with Crippen LogP contribution in [0.3, 0.4) is 0 Å². The molecule has 3 rings (SSSR count). The average molecular weight is 309 g/mol. The molecule has 0 bridgehead atoms. The second-order valence-electron chi connectivity index (χ2n) is 4.89.